The zero-order valence-corrected chi connectivity index (χ0v) is 16.0. The molecule has 0 radical (unpaired) electrons. The Balaban J connectivity index is 2.34. The number of rotatable bonds is 7. The number of hydrogen-bond acceptors (Lipinski definition) is 7. The number of amides is 1. The smallest absolute Gasteiger partial charge is 0.318 e. The fourth-order valence-corrected chi connectivity index (χ4v) is 6.24. The van der Waals surface area contributed by atoms with E-state index in [0.29, 0.717) is 9.87 Å². The molecule has 1 fully saturated rings. The molecule has 1 aromatic carbocycles. The molecule has 1 amide bonds. The predicted molar refractivity (Wildman–Crippen MR) is 93.9 cm³/mol. The van der Waals surface area contributed by atoms with E-state index in [1.165, 1.54) is 31.2 Å². The van der Waals surface area contributed by atoms with E-state index >= 15 is 0 Å². The lowest BCUT2D eigenvalue weighted by Crippen LogP contribution is -2.48. The Bertz CT molecular complexity index is 925. The molecule has 0 bridgehead atoms. The zero-order chi connectivity index (χ0) is 20.4. The second kappa shape index (κ2) is 7.92. The van der Waals surface area contributed by atoms with E-state index in [-0.39, 0.29) is 17.3 Å². The quantitative estimate of drug-likeness (QED) is 0.484. The Hall–Kier alpha value is -2.02. The SMILES string of the molecule is CC(=O)NCc1ccc(S(=O)(=O)N(CC(=O)O)[C@@H]2CS(=O)(=O)C[C@@H]2O)cc1. The van der Waals surface area contributed by atoms with Crippen molar-refractivity contribution in [3.63, 3.8) is 0 Å². The molecule has 1 aromatic rings. The Morgan fingerprint density at radius 1 is 1.22 bits per heavy atom. The van der Waals surface area contributed by atoms with Crippen molar-refractivity contribution in [3.05, 3.63) is 29.8 Å². The summed E-state index contributed by atoms with van der Waals surface area (Å²) < 4.78 is 49.7. The van der Waals surface area contributed by atoms with Gasteiger partial charge in [-0.1, -0.05) is 12.1 Å². The lowest BCUT2D eigenvalue weighted by atomic mass is 10.2. The fraction of sp³-hybridized carbons (Fsp3) is 0.467. The third-order valence-electron chi connectivity index (χ3n) is 4.03. The van der Waals surface area contributed by atoms with Gasteiger partial charge in [0, 0.05) is 13.5 Å². The van der Waals surface area contributed by atoms with Crippen LogP contribution in [0.3, 0.4) is 0 Å². The van der Waals surface area contributed by atoms with E-state index in [0.717, 1.165) is 0 Å². The van der Waals surface area contributed by atoms with Gasteiger partial charge in [-0.2, -0.15) is 4.31 Å². The molecule has 0 unspecified atom stereocenters. The van der Waals surface area contributed by atoms with Crippen LogP contribution in [0.15, 0.2) is 29.2 Å². The van der Waals surface area contributed by atoms with Gasteiger partial charge in [-0.05, 0) is 17.7 Å². The van der Waals surface area contributed by atoms with Crippen molar-refractivity contribution in [2.75, 3.05) is 18.1 Å². The summed E-state index contributed by atoms with van der Waals surface area (Å²) in [7, 11) is -8.05. The van der Waals surface area contributed by atoms with Gasteiger partial charge in [-0.3, -0.25) is 9.59 Å². The van der Waals surface area contributed by atoms with Crippen LogP contribution in [0.25, 0.3) is 0 Å². The molecule has 2 atom stereocenters. The summed E-state index contributed by atoms with van der Waals surface area (Å²) in [5.74, 6) is -3.01. The first-order chi connectivity index (χ1) is 12.4. The van der Waals surface area contributed by atoms with Gasteiger partial charge in [-0.15, -0.1) is 0 Å². The molecule has 1 aliphatic heterocycles. The first-order valence-electron chi connectivity index (χ1n) is 7.88. The molecule has 1 heterocycles. The molecule has 0 saturated carbocycles. The van der Waals surface area contributed by atoms with Crippen molar-refractivity contribution >= 4 is 31.7 Å². The van der Waals surface area contributed by atoms with Gasteiger partial charge in [0.25, 0.3) is 0 Å². The number of aliphatic hydroxyl groups excluding tert-OH is 1. The molecular weight excluding hydrogens is 400 g/mol. The van der Waals surface area contributed by atoms with Crippen LogP contribution >= 0.6 is 0 Å². The van der Waals surface area contributed by atoms with Crippen molar-refractivity contribution in [2.24, 2.45) is 0 Å². The highest BCUT2D eigenvalue weighted by molar-refractivity contribution is 7.92. The maximum absolute atomic E-state index is 12.9. The maximum atomic E-state index is 12.9. The minimum absolute atomic E-state index is 0.189. The number of aliphatic carboxylic acids is 1. The van der Waals surface area contributed by atoms with Gasteiger partial charge in [0.05, 0.1) is 28.5 Å². The largest absolute Gasteiger partial charge is 0.480 e. The van der Waals surface area contributed by atoms with Gasteiger partial charge in [0.2, 0.25) is 15.9 Å². The molecule has 0 aliphatic carbocycles. The predicted octanol–water partition coefficient (Wildman–Crippen LogP) is -1.44. The van der Waals surface area contributed by atoms with E-state index < -0.39 is 56.0 Å². The number of carboxylic acids is 1. The lowest BCUT2D eigenvalue weighted by molar-refractivity contribution is -0.137. The van der Waals surface area contributed by atoms with E-state index in [4.69, 9.17) is 5.11 Å². The average Bonchev–Trinajstić information content (AvgIpc) is 2.83. The molecule has 2 rings (SSSR count). The van der Waals surface area contributed by atoms with Crippen molar-refractivity contribution < 1.29 is 36.6 Å². The van der Waals surface area contributed by atoms with E-state index in [2.05, 4.69) is 5.32 Å². The Morgan fingerprint density at radius 2 is 1.81 bits per heavy atom. The topological polar surface area (TPSA) is 158 Å². The van der Waals surface area contributed by atoms with Crippen molar-refractivity contribution in [3.8, 4) is 0 Å². The van der Waals surface area contributed by atoms with Crippen LogP contribution in [-0.4, -0.2) is 73.4 Å². The standard InChI is InChI=1S/C15H20N2O8S2/c1-10(18)16-6-11-2-4-12(5-3-11)27(24,25)17(7-15(20)21)13-8-26(22,23)9-14(13)19/h2-5,13-14,19H,6-9H2,1H3,(H,16,18)(H,20,21)/t13-,14+/m1/s1. The van der Waals surface area contributed by atoms with Crippen LogP contribution in [0, 0.1) is 0 Å². The zero-order valence-electron chi connectivity index (χ0n) is 14.4. The van der Waals surface area contributed by atoms with E-state index in [1.54, 1.807) is 0 Å². The highest BCUT2D eigenvalue weighted by Gasteiger charge is 2.45. The number of carbonyl (C=O) groups excluding carboxylic acids is 1. The summed E-state index contributed by atoms with van der Waals surface area (Å²) >= 11 is 0. The molecule has 0 spiro atoms. The van der Waals surface area contributed by atoms with Crippen molar-refractivity contribution in [1.82, 2.24) is 9.62 Å². The average molecular weight is 420 g/mol. The fourth-order valence-electron chi connectivity index (χ4n) is 2.74. The van der Waals surface area contributed by atoms with Crippen molar-refractivity contribution in [2.45, 2.75) is 30.5 Å². The minimum atomic E-state index is -4.37. The van der Waals surface area contributed by atoms with Crippen LogP contribution in [0.4, 0.5) is 0 Å². The number of carbonyl (C=O) groups is 2. The van der Waals surface area contributed by atoms with Crippen LogP contribution in [0.1, 0.15) is 12.5 Å². The molecule has 10 nitrogen and oxygen atoms in total. The first kappa shape index (κ1) is 21.3. The van der Waals surface area contributed by atoms with E-state index in [9.17, 15) is 31.5 Å². The maximum Gasteiger partial charge on any atom is 0.318 e. The minimum Gasteiger partial charge on any atom is -0.480 e. The summed E-state index contributed by atoms with van der Waals surface area (Å²) in [6.45, 7) is 0.547. The highest BCUT2D eigenvalue weighted by Crippen LogP contribution is 2.25. The van der Waals surface area contributed by atoms with Gasteiger partial charge >= 0.3 is 5.97 Å². The number of sulfonamides is 1. The number of aliphatic hydroxyl groups is 1. The Kier molecular flexibility index (Phi) is 6.24. The summed E-state index contributed by atoms with van der Waals surface area (Å²) in [5.41, 5.74) is 0.623. The second-order valence-corrected chi connectivity index (χ2v) is 10.3. The molecular formula is C15H20N2O8S2. The second-order valence-electron chi connectivity index (χ2n) is 6.21. The van der Waals surface area contributed by atoms with Crippen LogP contribution in [0.2, 0.25) is 0 Å². The van der Waals surface area contributed by atoms with Gasteiger partial charge in [-0.25, -0.2) is 16.8 Å². The molecule has 1 aliphatic rings. The molecule has 12 heteroatoms. The number of carboxylic acid groups (broad SMARTS) is 1. The number of benzene rings is 1. The molecule has 0 aromatic heterocycles. The third kappa shape index (κ3) is 5.25. The van der Waals surface area contributed by atoms with E-state index in [1.807, 2.05) is 0 Å². The number of sulfone groups is 1. The summed E-state index contributed by atoms with van der Waals surface area (Å²) in [4.78, 5) is 21.8. The van der Waals surface area contributed by atoms with Crippen molar-refractivity contribution in [1.29, 1.82) is 0 Å². The Labute approximate surface area is 156 Å². The monoisotopic (exact) mass is 420 g/mol. The molecule has 150 valence electrons. The van der Waals surface area contributed by atoms with Crippen LogP contribution < -0.4 is 5.32 Å². The summed E-state index contributed by atoms with van der Waals surface area (Å²) in [5, 5.41) is 21.6. The number of hydrogen-bond donors (Lipinski definition) is 3. The summed E-state index contributed by atoms with van der Waals surface area (Å²) in [6, 6.07) is 3.98. The van der Waals surface area contributed by atoms with Crippen LogP contribution in [0.5, 0.6) is 0 Å². The third-order valence-corrected chi connectivity index (χ3v) is 7.61. The molecule has 1 saturated heterocycles. The summed E-state index contributed by atoms with van der Waals surface area (Å²) in [6.07, 6.45) is -1.51. The first-order valence-corrected chi connectivity index (χ1v) is 11.1. The van der Waals surface area contributed by atoms with Gasteiger partial charge in [0.1, 0.15) is 6.54 Å². The molecule has 3 N–H and O–H groups in total. The van der Waals surface area contributed by atoms with Gasteiger partial charge < -0.3 is 15.5 Å². The normalized spacial score (nSPS) is 21.9. The molecule has 27 heavy (non-hydrogen) atoms. The number of nitrogens with zero attached hydrogens (tertiary/aromatic N) is 1. The highest BCUT2D eigenvalue weighted by atomic mass is 32.2. The lowest BCUT2D eigenvalue weighted by Gasteiger charge is -2.27. The number of nitrogens with one attached hydrogen (secondary N) is 1. The Morgan fingerprint density at radius 3 is 2.26 bits per heavy atom. The van der Waals surface area contributed by atoms with Crippen LogP contribution in [-0.2, 0) is 36.0 Å². The van der Waals surface area contributed by atoms with Gasteiger partial charge in [0.15, 0.2) is 9.84 Å².